The van der Waals surface area contributed by atoms with Crippen LogP contribution in [0.5, 0.6) is 0 Å². The molecule has 0 aliphatic rings. The van der Waals surface area contributed by atoms with Crippen LogP contribution in [0.3, 0.4) is 0 Å². The van der Waals surface area contributed by atoms with Gasteiger partial charge in [-0.3, -0.25) is 4.79 Å². The molecule has 0 unspecified atom stereocenters. The van der Waals surface area contributed by atoms with Gasteiger partial charge in [0.25, 0.3) is 0 Å². The molecule has 1 N–H and O–H groups in total. The van der Waals surface area contributed by atoms with Gasteiger partial charge < -0.3 is 5.32 Å². The molecule has 0 radical (unpaired) electrons. The van der Waals surface area contributed by atoms with Crippen molar-refractivity contribution in [1.29, 1.82) is 0 Å². The van der Waals surface area contributed by atoms with Crippen LogP contribution in [0.1, 0.15) is 17.3 Å². The van der Waals surface area contributed by atoms with Gasteiger partial charge in [0.1, 0.15) is 5.82 Å². The summed E-state index contributed by atoms with van der Waals surface area (Å²) in [4.78, 5) is 14.3. The fraction of sp³-hybridized carbons (Fsp3) is 0.182. The van der Waals surface area contributed by atoms with E-state index in [0.717, 1.165) is 0 Å². The molecule has 0 aliphatic heterocycles. The topological polar surface area (TPSA) is 77.9 Å². The Hall–Kier alpha value is -2.26. The zero-order valence-corrected chi connectivity index (χ0v) is 8.92. The Morgan fingerprint density at radius 2 is 2.19 bits per heavy atom. The molecule has 0 amide bonds. The minimum absolute atomic E-state index is 0.191. The summed E-state index contributed by atoms with van der Waals surface area (Å²) < 4.78 is 0. The monoisotopic (exact) mass is 216 g/mol. The second-order valence-corrected chi connectivity index (χ2v) is 2.98. The molecule has 0 saturated heterocycles. The highest BCUT2D eigenvalue weighted by atomic mass is 16.1. The normalized spacial score (nSPS) is 10.4. The van der Waals surface area contributed by atoms with Crippen LogP contribution >= 0.6 is 0 Å². The first-order valence-electron chi connectivity index (χ1n) is 4.88. The number of carbonyl (C=O) groups is 1. The van der Waals surface area contributed by atoms with E-state index in [9.17, 15) is 4.79 Å². The highest BCUT2D eigenvalue weighted by Crippen LogP contribution is 2.03. The number of nitrogens with zero attached hydrogens (tertiary/aromatic N) is 3. The van der Waals surface area contributed by atoms with Gasteiger partial charge in [0.15, 0.2) is 5.78 Å². The summed E-state index contributed by atoms with van der Waals surface area (Å²) in [5.41, 5.74) is 8.87. The lowest BCUT2D eigenvalue weighted by atomic mass is 10.1. The van der Waals surface area contributed by atoms with Gasteiger partial charge in [0, 0.05) is 23.1 Å². The molecule has 16 heavy (non-hydrogen) atoms. The van der Waals surface area contributed by atoms with E-state index in [1.54, 1.807) is 24.3 Å². The quantitative estimate of drug-likeness (QED) is 0.270. The summed E-state index contributed by atoms with van der Waals surface area (Å²) in [6, 6.07) is 8.80. The molecular formula is C11H12N4O. The maximum atomic E-state index is 11.7. The Balaban J connectivity index is 2.89. The van der Waals surface area contributed by atoms with Crippen molar-refractivity contribution in [3.8, 4) is 0 Å². The Labute approximate surface area is 93.4 Å². The van der Waals surface area contributed by atoms with Crippen molar-refractivity contribution in [2.24, 2.45) is 5.11 Å². The first kappa shape index (κ1) is 11.8. The van der Waals surface area contributed by atoms with Crippen molar-refractivity contribution in [2.75, 3.05) is 6.54 Å². The van der Waals surface area contributed by atoms with Crippen molar-refractivity contribution < 1.29 is 4.79 Å². The Morgan fingerprint density at radius 3 is 2.75 bits per heavy atom. The first-order valence-corrected chi connectivity index (χ1v) is 4.88. The SMILES string of the molecule is CCNC(=CC(=O)c1ccccc1)N=[N+]=[N-]. The van der Waals surface area contributed by atoms with Gasteiger partial charge in [-0.1, -0.05) is 30.3 Å². The maximum Gasteiger partial charge on any atom is 0.187 e. The van der Waals surface area contributed by atoms with Crippen LogP contribution < -0.4 is 5.32 Å². The summed E-state index contributed by atoms with van der Waals surface area (Å²) in [6.07, 6.45) is 1.29. The van der Waals surface area contributed by atoms with Crippen molar-refractivity contribution in [2.45, 2.75) is 6.92 Å². The molecule has 0 atom stereocenters. The van der Waals surface area contributed by atoms with E-state index in [2.05, 4.69) is 15.3 Å². The number of carbonyl (C=O) groups excluding carboxylic acids is 1. The van der Waals surface area contributed by atoms with Crippen molar-refractivity contribution in [3.63, 3.8) is 0 Å². The standard InChI is InChI=1S/C11H12N4O/c1-2-13-11(14-15-12)8-10(16)9-6-4-3-5-7-9/h3-8,13H,2H2,1H3. The maximum absolute atomic E-state index is 11.7. The summed E-state index contributed by atoms with van der Waals surface area (Å²) in [5, 5.41) is 6.19. The molecule has 0 heterocycles. The third kappa shape index (κ3) is 3.48. The first-order chi connectivity index (χ1) is 7.77. The molecule has 0 aliphatic carbocycles. The van der Waals surface area contributed by atoms with E-state index >= 15 is 0 Å². The molecule has 1 rings (SSSR count). The number of benzene rings is 1. The van der Waals surface area contributed by atoms with Gasteiger partial charge in [-0.15, -0.1) is 0 Å². The van der Waals surface area contributed by atoms with Crippen LogP contribution in [0.4, 0.5) is 0 Å². The van der Waals surface area contributed by atoms with Gasteiger partial charge in [0.2, 0.25) is 0 Å². The fourth-order valence-electron chi connectivity index (χ4n) is 1.15. The van der Waals surface area contributed by atoms with Gasteiger partial charge >= 0.3 is 0 Å². The third-order valence-electron chi connectivity index (χ3n) is 1.84. The van der Waals surface area contributed by atoms with E-state index < -0.39 is 0 Å². The van der Waals surface area contributed by atoms with Crippen LogP contribution in [-0.4, -0.2) is 12.3 Å². The number of nitrogens with one attached hydrogen (secondary N) is 1. The van der Waals surface area contributed by atoms with Crippen LogP contribution in [-0.2, 0) is 0 Å². The van der Waals surface area contributed by atoms with Crippen LogP contribution in [0, 0.1) is 0 Å². The average molecular weight is 216 g/mol. The average Bonchev–Trinajstić information content (AvgIpc) is 2.31. The summed E-state index contributed by atoms with van der Waals surface area (Å²) in [6.45, 7) is 2.45. The van der Waals surface area contributed by atoms with Gasteiger partial charge in [0.05, 0.1) is 0 Å². The number of hydrogen-bond donors (Lipinski definition) is 1. The van der Waals surface area contributed by atoms with E-state index in [1.807, 2.05) is 13.0 Å². The highest BCUT2D eigenvalue weighted by molar-refractivity contribution is 6.04. The molecule has 5 heteroatoms. The van der Waals surface area contributed by atoms with E-state index in [0.29, 0.717) is 12.1 Å². The van der Waals surface area contributed by atoms with Crippen molar-refractivity contribution in [1.82, 2.24) is 5.32 Å². The smallest absolute Gasteiger partial charge is 0.187 e. The molecule has 0 saturated carbocycles. The van der Waals surface area contributed by atoms with Crippen LogP contribution in [0.15, 0.2) is 47.3 Å². The Kier molecular flexibility index (Phi) is 4.63. The second-order valence-electron chi connectivity index (χ2n) is 2.98. The summed E-state index contributed by atoms with van der Waals surface area (Å²) in [5.74, 6) is 0.0443. The zero-order valence-electron chi connectivity index (χ0n) is 8.92. The second kappa shape index (κ2) is 6.27. The fourth-order valence-corrected chi connectivity index (χ4v) is 1.15. The molecule has 5 nitrogen and oxygen atoms in total. The molecule has 0 fully saturated rings. The molecule has 0 spiro atoms. The van der Waals surface area contributed by atoms with Gasteiger partial charge in [-0.25, -0.2) is 0 Å². The molecule has 1 aromatic carbocycles. The Morgan fingerprint density at radius 1 is 1.50 bits per heavy atom. The minimum Gasteiger partial charge on any atom is -0.383 e. The predicted molar refractivity (Wildman–Crippen MR) is 61.7 cm³/mol. The zero-order chi connectivity index (χ0) is 11.8. The van der Waals surface area contributed by atoms with Crippen LogP contribution in [0.25, 0.3) is 10.4 Å². The van der Waals surface area contributed by atoms with E-state index in [1.165, 1.54) is 6.08 Å². The summed E-state index contributed by atoms with van der Waals surface area (Å²) >= 11 is 0. The lowest BCUT2D eigenvalue weighted by Gasteiger charge is -2.01. The number of ketones is 1. The lowest BCUT2D eigenvalue weighted by molar-refractivity contribution is 0.104. The summed E-state index contributed by atoms with van der Waals surface area (Å²) in [7, 11) is 0. The van der Waals surface area contributed by atoms with E-state index in [-0.39, 0.29) is 11.6 Å². The molecule has 0 aromatic heterocycles. The van der Waals surface area contributed by atoms with Crippen LogP contribution in [0.2, 0.25) is 0 Å². The Bertz CT molecular complexity index is 433. The highest BCUT2D eigenvalue weighted by Gasteiger charge is 2.02. The predicted octanol–water partition coefficient (Wildman–Crippen LogP) is 2.63. The largest absolute Gasteiger partial charge is 0.383 e. The number of allylic oxidation sites excluding steroid dienone is 1. The van der Waals surface area contributed by atoms with Gasteiger partial charge in [-0.2, -0.15) is 0 Å². The number of azide groups is 1. The minimum atomic E-state index is -0.191. The lowest BCUT2D eigenvalue weighted by Crippen LogP contribution is -2.11. The van der Waals surface area contributed by atoms with Crippen molar-refractivity contribution in [3.05, 3.63) is 58.2 Å². The molecule has 1 aromatic rings. The molecule has 0 bridgehead atoms. The molecular weight excluding hydrogens is 204 g/mol. The molecule has 82 valence electrons. The third-order valence-corrected chi connectivity index (χ3v) is 1.84. The van der Waals surface area contributed by atoms with E-state index in [4.69, 9.17) is 5.53 Å². The number of hydrogen-bond acceptors (Lipinski definition) is 3. The number of rotatable bonds is 5. The van der Waals surface area contributed by atoms with Crippen molar-refractivity contribution >= 4 is 5.78 Å². The van der Waals surface area contributed by atoms with Gasteiger partial charge in [-0.05, 0) is 17.6 Å².